The van der Waals surface area contributed by atoms with Crippen LogP contribution in [-0.2, 0) is 11.2 Å². The van der Waals surface area contributed by atoms with Crippen LogP contribution in [0.2, 0.25) is 0 Å². The van der Waals surface area contributed by atoms with Crippen molar-refractivity contribution in [2.75, 3.05) is 6.61 Å². The lowest BCUT2D eigenvalue weighted by Crippen LogP contribution is -2.08. The van der Waals surface area contributed by atoms with Crippen molar-refractivity contribution in [3.05, 3.63) is 54.5 Å². The first-order valence-corrected chi connectivity index (χ1v) is 5.55. The lowest BCUT2D eigenvalue weighted by atomic mass is 10.1. The van der Waals surface area contributed by atoms with Crippen LogP contribution in [0.4, 0.5) is 0 Å². The third-order valence-corrected chi connectivity index (χ3v) is 2.37. The lowest BCUT2D eigenvalue weighted by Gasteiger charge is -2.04. The molecule has 0 N–H and O–H groups in total. The van der Waals surface area contributed by atoms with E-state index in [4.69, 9.17) is 9.15 Å². The van der Waals surface area contributed by atoms with Crippen LogP contribution in [-0.4, -0.2) is 12.4 Å². The van der Waals surface area contributed by atoms with Crippen LogP contribution in [0.1, 0.15) is 12.0 Å². The van der Waals surface area contributed by atoms with Crippen LogP contribution in [0.5, 0.6) is 5.75 Å². The Hall–Kier alpha value is -2.03. The van der Waals surface area contributed by atoms with Gasteiger partial charge >= 0.3 is 0 Å². The number of carbonyl (C=O) groups is 1. The number of hydrogen-bond donors (Lipinski definition) is 0. The van der Waals surface area contributed by atoms with Gasteiger partial charge in [0.15, 0.2) is 0 Å². The summed E-state index contributed by atoms with van der Waals surface area (Å²) < 4.78 is 10.4. The van der Waals surface area contributed by atoms with Crippen LogP contribution in [0, 0.1) is 0 Å². The molecule has 0 aliphatic carbocycles. The second kappa shape index (κ2) is 5.89. The Labute approximate surface area is 100 Å². The van der Waals surface area contributed by atoms with E-state index < -0.39 is 0 Å². The van der Waals surface area contributed by atoms with E-state index in [1.165, 1.54) is 0 Å². The summed E-state index contributed by atoms with van der Waals surface area (Å²) in [5.74, 6) is 0.950. The van der Waals surface area contributed by atoms with Crippen molar-refractivity contribution in [1.29, 1.82) is 0 Å². The molecule has 0 saturated carbocycles. The predicted molar refractivity (Wildman–Crippen MR) is 64.0 cm³/mol. The number of benzene rings is 1. The van der Waals surface area contributed by atoms with Crippen molar-refractivity contribution in [3.63, 3.8) is 0 Å². The molecule has 0 saturated heterocycles. The first-order chi connectivity index (χ1) is 8.34. The monoisotopic (exact) mass is 230 g/mol. The molecule has 0 aliphatic heterocycles. The standard InChI is InChI=1S/C14H14O3/c15-13(10-12-6-8-16-11-12)7-9-17-14-4-2-1-3-5-14/h1-6,8,11H,7,9-10H2. The second-order valence-electron chi connectivity index (χ2n) is 3.76. The molecular formula is C14H14O3. The average Bonchev–Trinajstić information content (AvgIpc) is 2.83. The molecule has 0 unspecified atom stereocenters. The number of hydrogen-bond acceptors (Lipinski definition) is 3. The molecule has 2 aromatic rings. The lowest BCUT2D eigenvalue weighted by molar-refractivity contribution is -0.118. The van der Waals surface area contributed by atoms with Gasteiger partial charge in [-0.2, -0.15) is 0 Å². The Kier molecular flexibility index (Phi) is 3.97. The Morgan fingerprint density at radius 3 is 2.71 bits per heavy atom. The molecule has 1 aromatic heterocycles. The van der Waals surface area contributed by atoms with E-state index in [0.717, 1.165) is 11.3 Å². The van der Waals surface area contributed by atoms with E-state index in [1.807, 2.05) is 30.3 Å². The van der Waals surface area contributed by atoms with Crippen LogP contribution in [0.25, 0.3) is 0 Å². The van der Waals surface area contributed by atoms with Gasteiger partial charge in [0.05, 0.1) is 19.1 Å². The van der Waals surface area contributed by atoms with Gasteiger partial charge in [-0.25, -0.2) is 0 Å². The Morgan fingerprint density at radius 1 is 1.18 bits per heavy atom. The quantitative estimate of drug-likeness (QED) is 0.766. The summed E-state index contributed by atoms with van der Waals surface area (Å²) >= 11 is 0. The smallest absolute Gasteiger partial charge is 0.140 e. The topological polar surface area (TPSA) is 39.4 Å². The maximum absolute atomic E-state index is 11.6. The summed E-state index contributed by atoms with van der Waals surface area (Å²) in [7, 11) is 0. The fraction of sp³-hybridized carbons (Fsp3) is 0.214. The highest BCUT2D eigenvalue weighted by Gasteiger charge is 2.05. The summed E-state index contributed by atoms with van der Waals surface area (Å²) in [5, 5.41) is 0. The van der Waals surface area contributed by atoms with E-state index in [9.17, 15) is 4.79 Å². The van der Waals surface area contributed by atoms with Crippen molar-refractivity contribution < 1.29 is 13.9 Å². The minimum Gasteiger partial charge on any atom is -0.493 e. The summed E-state index contributed by atoms with van der Waals surface area (Å²) in [6, 6.07) is 11.3. The van der Waals surface area contributed by atoms with Crippen molar-refractivity contribution in [2.45, 2.75) is 12.8 Å². The molecule has 2 rings (SSSR count). The Morgan fingerprint density at radius 2 is 2.00 bits per heavy atom. The predicted octanol–water partition coefficient (Wildman–Crippen LogP) is 2.86. The maximum Gasteiger partial charge on any atom is 0.140 e. The molecule has 0 atom stereocenters. The second-order valence-corrected chi connectivity index (χ2v) is 3.76. The van der Waals surface area contributed by atoms with Gasteiger partial charge in [-0.05, 0) is 23.8 Å². The zero-order chi connectivity index (χ0) is 11.9. The molecule has 0 bridgehead atoms. The van der Waals surface area contributed by atoms with Crippen molar-refractivity contribution in [2.24, 2.45) is 0 Å². The maximum atomic E-state index is 11.6. The van der Waals surface area contributed by atoms with Gasteiger partial charge in [0.25, 0.3) is 0 Å². The van der Waals surface area contributed by atoms with Crippen LogP contribution in [0.3, 0.4) is 0 Å². The molecule has 0 spiro atoms. The van der Waals surface area contributed by atoms with Crippen LogP contribution < -0.4 is 4.74 Å². The highest BCUT2D eigenvalue weighted by Crippen LogP contribution is 2.09. The van der Waals surface area contributed by atoms with Gasteiger partial charge in [0.2, 0.25) is 0 Å². The molecule has 3 heteroatoms. The van der Waals surface area contributed by atoms with Crippen molar-refractivity contribution in [1.82, 2.24) is 0 Å². The zero-order valence-electron chi connectivity index (χ0n) is 9.46. The Balaban J connectivity index is 1.70. The van der Waals surface area contributed by atoms with Gasteiger partial charge in [-0.15, -0.1) is 0 Å². The fourth-order valence-corrected chi connectivity index (χ4v) is 1.51. The molecule has 17 heavy (non-hydrogen) atoms. The number of para-hydroxylation sites is 1. The van der Waals surface area contributed by atoms with Gasteiger partial charge in [0.1, 0.15) is 11.5 Å². The molecule has 0 amide bonds. The van der Waals surface area contributed by atoms with E-state index in [1.54, 1.807) is 18.6 Å². The van der Waals surface area contributed by atoms with Crippen molar-refractivity contribution >= 4 is 5.78 Å². The number of Topliss-reactive ketones (excluding diaryl/α,β-unsaturated/α-hetero) is 1. The number of carbonyl (C=O) groups excluding carboxylic acids is 1. The van der Waals surface area contributed by atoms with Gasteiger partial charge in [-0.1, -0.05) is 18.2 Å². The summed E-state index contributed by atoms with van der Waals surface area (Å²) in [4.78, 5) is 11.6. The normalized spacial score (nSPS) is 10.1. The molecule has 3 nitrogen and oxygen atoms in total. The first-order valence-electron chi connectivity index (χ1n) is 5.55. The minimum atomic E-state index is 0.155. The molecular weight excluding hydrogens is 216 g/mol. The molecule has 88 valence electrons. The molecule has 1 heterocycles. The van der Waals surface area contributed by atoms with Crippen LogP contribution >= 0.6 is 0 Å². The van der Waals surface area contributed by atoms with E-state index in [-0.39, 0.29) is 5.78 Å². The number of ketones is 1. The van der Waals surface area contributed by atoms with E-state index in [0.29, 0.717) is 19.4 Å². The molecule has 0 aliphatic rings. The van der Waals surface area contributed by atoms with E-state index >= 15 is 0 Å². The third kappa shape index (κ3) is 3.79. The van der Waals surface area contributed by atoms with Crippen LogP contribution in [0.15, 0.2) is 53.3 Å². The minimum absolute atomic E-state index is 0.155. The van der Waals surface area contributed by atoms with E-state index in [2.05, 4.69) is 0 Å². The SMILES string of the molecule is O=C(CCOc1ccccc1)Cc1ccoc1. The largest absolute Gasteiger partial charge is 0.493 e. The van der Waals surface area contributed by atoms with Gasteiger partial charge in [0, 0.05) is 12.8 Å². The van der Waals surface area contributed by atoms with Crippen molar-refractivity contribution in [3.8, 4) is 5.75 Å². The summed E-state index contributed by atoms with van der Waals surface area (Å²) in [5.41, 5.74) is 0.912. The average molecular weight is 230 g/mol. The summed E-state index contributed by atoms with van der Waals surface area (Å²) in [6.45, 7) is 0.417. The number of ether oxygens (including phenoxy) is 1. The Bertz CT molecular complexity index is 446. The van der Waals surface area contributed by atoms with Gasteiger partial charge in [-0.3, -0.25) is 4.79 Å². The van der Waals surface area contributed by atoms with Gasteiger partial charge < -0.3 is 9.15 Å². The highest BCUT2D eigenvalue weighted by atomic mass is 16.5. The molecule has 0 radical (unpaired) electrons. The summed E-state index contributed by atoms with van der Waals surface area (Å²) in [6.07, 6.45) is 3.99. The number of furan rings is 1. The molecule has 0 fully saturated rings. The third-order valence-electron chi connectivity index (χ3n) is 2.37. The highest BCUT2D eigenvalue weighted by molar-refractivity contribution is 5.80. The first kappa shape index (κ1) is 11.5. The number of rotatable bonds is 6. The molecule has 1 aromatic carbocycles. The fourth-order valence-electron chi connectivity index (χ4n) is 1.51. The zero-order valence-corrected chi connectivity index (χ0v) is 9.46.